The van der Waals surface area contributed by atoms with Crippen molar-refractivity contribution in [3.63, 3.8) is 0 Å². The molecule has 0 amide bonds. The van der Waals surface area contributed by atoms with Gasteiger partial charge in [0.25, 0.3) is 0 Å². The van der Waals surface area contributed by atoms with Gasteiger partial charge in [-0.3, -0.25) is 0 Å². The Morgan fingerprint density at radius 2 is 1.68 bits per heavy atom. The van der Waals surface area contributed by atoms with Gasteiger partial charge in [0.05, 0.1) is 35.3 Å². The molecule has 2 aromatic heterocycles. The first kappa shape index (κ1) is 53.5. The number of ether oxygens (including phenoxy) is 6. The number of carbonyl (C=O) groups excluding carboxylic acids is 1. The fourth-order valence-corrected chi connectivity index (χ4v) is 10.6. The van der Waals surface area contributed by atoms with E-state index in [2.05, 4.69) is 66.2 Å². The van der Waals surface area contributed by atoms with Crippen molar-refractivity contribution in [3.8, 4) is 34.3 Å². The van der Waals surface area contributed by atoms with Gasteiger partial charge in [-0.05, 0) is 119 Å². The fraction of sp³-hybridized carbons (Fsp3) is 0.540. The van der Waals surface area contributed by atoms with E-state index in [4.69, 9.17) is 66.0 Å². The minimum atomic E-state index is -2.26. The van der Waals surface area contributed by atoms with Crippen molar-refractivity contribution in [1.29, 1.82) is 0 Å². The molecule has 0 bridgehead atoms. The summed E-state index contributed by atoms with van der Waals surface area (Å²) < 4.78 is 43.8. The van der Waals surface area contributed by atoms with E-state index in [-0.39, 0.29) is 53.1 Å². The Hall–Kier alpha value is -3.48. The summed E-state index contributed by atoms with van der Waals surface area (Å²) in [6.45, 7) is 31.6. The summed E-state index contributed by atoms with van der Waals surface area (Å²) in [6, 6.07) is 6.71. The van der Waals surface area contributed by atoms with Gasteiger partial charge in [0, 0.05) is 37.1 Å². The number of aliphatic hydroxyl groups is 1. The largest absolute Gasteiger partial charge is 0.543 e. The molecular formula is C50H70Cl2N2O9SSi2. The lowest BCUT2D eigenvalue weighted by molar-refractivity contribution is -0.163. The topological polar surface area (TPSA) is 128 Å². The molecule has 2 heterocycles. The van der Waals surface area contributed by atoms with E-state index in [0.29, 0.717) is 51.6 Å². The van der Waals surface area contributed by atoms with Crippen LogP contribution in [0.3, 0.4) is 0 Å². The maximum absolute atomic E-state index is 14.5. The summed E-state index contributed by atoms with van der Waals surface area (Å²) in [5.41, 5.74) is 3.98. The Morgan fingerprint density at radius 1 is 0.985 bits per heavy atom. The summed E-state index contributed by atoms with van der Waals surface area (Å²) in [5.74, 6) is 1.08. The number of fused-ring (bicyclic) bond motifs is 1. The van der Waals surface area contributed by atoms with Crippen LogP contribution in [0.1, 0.15) is 82.4 Å². The molecule has 0 fully saturated rings. The Morgan fingerprint density at radius 3 is 2.27 bits per heavy atom. The Labute approximate surface area is 408 Å². The fourth-order valence-electron chi connectivity index (χ4n) is 7.11. The maximum atomic E-state index is 14.5. The summed E-state index contributed by atoms with van der Waals surface area (Å²) in [5, 5.41) is 11.3. The molecular weight excluding hydrogens is 932 g/mol. The van der Waals surface area contributed by atoms with Gasteiger partial charge >= 0.3 is 5.97 Å². The highest BCUT2D eigenvalue weighted by atomic mass is 35.5. The Kier molecular flexibility index (Phi) is 18.1. The molecule has 0 unspecified atom stereocenters. The highest BCUT2D eigenvalue weighted by Crippen LogP contribution is 2.53. The molecule has 4 aromatic rings. The van der Waals surface area contributed by atoms with Crippen LogP contribution in [0.25, 0.3) is 26.9 Å². The third kappa shape index (κ3) is 13.6. The number of hydrogen-bond acceptors (Lipinski definition) is 12. The number of hydrogen-bond donors (Lipinski definition) is 1. The molecule has 16 heteroatoms. The van der Waals surface area contributed by atoms with Crippen molar-refractivity contribution in [2.24, 2.45) is 0 Å². The van der Waals surface area contributed by atoms with Crippen LogP contribution in [0.5, 0.6) is 23.1 Å². The molecule has 5 rings (SSSR count). The van der Waals surface area contributed by atoms with E-state index in [1.54, 1.807) is 6.08 Å². The van der Waals surface area contributed by atoms with E-state index >= 15 is 0 Å². The standard InChI is InChI=1S/C50H70Cl2N2O9SSi2/c1-15-22-57-28-36(27-55)60-44-42(51)31(2)39(32(3)43(44)52)40-41-46(53-29-54-47(41)64-45(40)33-18-16-17-19-33)61-38(48(56)62-49(4,5)6)26-34-25-35(63-66(13,14)50(7,8)9)20-21-37(34)59-30-58-23-24-65(10,11)12/h15,18,20-21,25,29,36,38,55H,1,16-17,19,22-24,26-28,30H2,2-14H3/t36-,38+/m0/s1. The first-order valence-electron chi connectivity index (χ1n) is 22.7. The summed E-state index contributed by atoms with van der Waals surface area (Å²) in [4.78, 5) is 25.7. The van der Waals surface area contributed by atoms with Crippen molar-refractivity contribution >= 4 is 72.7 Å². The predicted octanol–water partition coefficient (Wildman–Crippen LogP) is 13.2. The van der Waals surface area contributed by atoms with Gasteiger partial charge in [0.1, 0.15) is 34.4 Å². The monoisotopic (exact) mass is 1000 g/mol. The third-order valence-electron chi connectivity index (χ3n) is 11.7. The number of aromatic nitrogens is 2. The number of aliphatic hydroxyl groups excluding tert-OH is 1. The number of halogens is 2. The molecule has 1 aliphatic rings. The molecule has 0 saturated heterocycles. The Balaban J connectivity index is 1.66. The van der Waals surface area contributed by atoms with Crippen molar-refractivity contribution < 1.29 is 42.7 Å². The number of rotatable bonds is 22. The molecule has 0 radical (unpaired) electrons. The van der Waals surface area contributed by atoms with E-state index in [9.17, 15) is 9.90 Å². The van der Waals surface area contributed by atoms with Crippen molar-refractivity contribution in [1.82, 2.24) is 9.97 Å². The van der Waals surface area contributed by atoms with Gasteiger partial charge in [0.2, 0.25) is 20.3 Å². The second-order valence-corrected chi connectivity index (χ2v) is 32.7. The third-order valence-corrected chi connectivity index (χ3v) is 19.9. The van der Waals surface area contributed by atoms with Crippen molar-refractivity contribution in [2.45, 2.75) is 143 Å². The SMILES string of the molecule is C=CCOC[C@H](CO)Oc1c(Cl)c(C)c(-c2c(C3=CCCC3)sc3ncnc(O[C@H](Cc4cc(O[Si](C)(C)C(C)(C)C)ccc4OCOCC[Si](C)(C)C)C(=O)OC(C)(C)C)c23)c(C)c1Cl. The van der Waals surface area contributed by atoms with Gasteiger partial charge in [-0.1, -0.05) is 75.8 Å². The van der Waals surface area contributed by atoms with Crippen LogP contribution in [0.2, 0.25) is 53.9 Å². The number of allylic oxidation sites excluding steroid dienone is 2. The molecule has 362 valence electrons. The summed E-state index contributed by atoms with van der Waals surface area (Å²) >= 11 is 15.9. The molecule has 0 spiro atoms. The van der Waals surface area contributed by atoms with Crippen LogP contribution in [0.4, 0.5) is 0 Å². The predicted molar refractivity (Wildman–Crippen MR) is 275 cm³/mol. The van der Waals surface area contributed by atoms with Crippen LogP contribution in [0, 0.1) is 13.8 Å². The zero-order valence-electron chi connectivity index (χ0n) is 41.2. The highest BCUT2D eigenvalue weighted by Gasteiger charge is 2.39. The lowest BCUT2D eigenvalue weighted by Crippen LogP contribution is -2.43. The van der Waals surface area contributed by atoms with Gasteiger partial charge in [-0.15, -0.1) is 17.9 Å². The van der Waals surface area contributed by atoms with Crippen LogP contribution in [-0.2, 0) is 25.4 Å². The number of esters is 1. The van der Waals surface area contributed by atoms with E-state index in [1.807, 2.05) is 52.8 Å². The number of benzene rings is 2. The molecule has 11 nitrogen and oxygen atoms in total. The number of thiophene rings is 1. The second kappa shape index (κ2) is 22.3. The first-order chi connectivity index (χ1) is 30.9. The van der Waals surface area contributed by atoms with Gasteiger partial charge in [-0.2, -0.15) is 0 Å². The van der Waals surface area contributed by atoms with Crippen molar-refractivity contribution in [2.75, 3.05) is 33.2 Å². The van der Waals surface area contributed by atoms with E-state index < -0.39 is 40.2 Å². The van der Waals surface area contributed by atoms with Gasteiger partial charge in [-0.25, -0.2) is 14.8 Å². The smallest absolute Gasteiger partial charge is 0.348 e. The average Bonchev–Trinajstić information content (AvgIpc) is 3.89. The lowest BCUT2D eigenvalue weighted by atomic mass is 9.91. The lowest BCUT2D eigenvalue weighted by Gasteiger charge is -2.36. The molecule has 2 aromatic carbocycles. The maximum Gasteiger partial charge on any atom is 0.348 e. The van der Waals surface area contributed by atoms with Crippen molar-refractivity contribution in [3.05, 3.63) is 74.9 Å². The average molecular weight is 1000 g/mol. The van der Waals surface area contributed by atoms with Gasteiger partial charge < -0.3 is 38.0 Å². The first-order valence-corrected chi connectivity index (χ1v) is 30.9. The molecule has 1 aliphatic carbocycles. The van der Waals surface area contributed by atoms with Crippen LogP contribution in [-0.4, -0.2) is 88.5 Å². The quantitative estimate of drug-likeness (QED) is 0.0266. The zero-order chi connectivity index (χ0) is 48.8. The number of nitrogens with zero attached hydrogens (tertiary/aromatic N) is 2. The van der Waals surface area contributed by atoms with Crippen LogP contribution >= 0.6 is 34.5 Å². The minimum Gasteiger partial charge on any atom is -0.543 e. The van der Waals surface area contributed by atoms with E-state index in [0.717, 1.165) is 41.3 Å². The summed E-state index contributed by atoms with van der Waals surface area (Å²) in [7, 11) is -3.58. The highest BCUT2D eigenvalue weighted by molar-refractivity contribution is 7.20. The normalized spacial score (nSPS) is 14.5. The van der Waals surface area contributed by atoms with Gasteiger partial charge in [0.15, 0.2) is 12.5 Å². The molecule has 1 N–H and O–H groups in total. The molecule has 2 atom stereocenters. The molecule has 0 aliphatic heterocycles. The summed E-state index contributed by atoms with van der Waals surface area (Å²) in [6.07, 6.45) is 6.29. The Bertz CT molecular complexity index is 2360. The van der Waals surface area contributed by atoms with E-state index in [1.165, 1.54) is 23.2 Å². The minimum absolute atomic E-state index is 0.0404. The van der Waals surface area contributed by atoms with Crippen LogP contribution in [0.15, 0.2) is 43.3 Å². The molecule has 66 heavy (non-hydrogen) atoms. The zero-order valence-corrected chi connectivity index (χ0v) is 45.5. The second-order valence-electron chi connectivity index (χ2n) is 20.6. The molecule has 0 saturated carbocycles. The van der Waals surface area contributed by atoms with Crippen LogP contribution < -0.4 is 18.6 Å². The number of carbonyl (C=O) groups is 1.